The molecule has 1 unspecified atom stereocenters. The summed E-state index contributed by atoms with van der Waals surface area (Å²) in [5.41, 5.74) is 0.130. The fourth-order valence-electron chi connectivity index (χ4n) is 1.15. The summed E-state index contributed by atoms with van der Waals surface area (Å²) in [6, 6.07) is 4.19. The van der Waals surface area contributed by atoms with Crippen molar-refractivity contribution in [2.24, 2.45) is 0 Å². The Morgan fingerprint density at radius 1 is 1.43 bits per heavy atom. The first kappa shape index (κ1) is 9.04. The lowest BCUT2D eigenvalue weighted by Gasteiger charge is -2.04. The zero-order chi connectivity index (χ0) is 10.1. The Bertz CT molecular complexity index is 564. The predicted molar refractivity (Wildman–Crippen MR) is 49.5 cm³/mol. The molecule has 2 rings (SSSR count). The number of nitrogens with one attached hydrogen (secondary N) is 1. The van der Waals surface area contributed by atoms with E-state index in [0.717, 1.165) is 0 Å². The van der Waals surface area contributed by atoms with Crippen LogP contribution < -0.4 is 5.56 Å². The maximum absolute atomic E-state index is 11.3. The van der Waals surface area contributed by atoms with Gasteiger partial charge >= 0.3 is 0 Å². The van der Waals surface area contributed by atoms with Crippen molar-refractivity contribution in [3.8, 4) is 0 Å². The van der Waals surface area contributed by atoms with Gasteiger partial charge in [-0.05, 0) is 29.3 Å². The van der Waals surface area contributed by atoms with Crippen LogP contribution in [0.2, 0.25) is 0 Å². The third-order valence-corrected chi connectivity index (χ3v) is 2.44. The van der Waals surface area contributed by atoms with Crippen LogP contribution in [0.15, 0.2) is 34.2 Å². The maximum atomic E-state index is 11.3. The number of nitrogens with zero attached hydrogens (tertiary/aromatic N) is 1. The Hall–Kier alpha value is -1.53. The van der Waals surface area contributed by atoms with Crippen LogP contribution in [-0.2, 0) is 11.1 Å². The molecule has 0 spiro atoms. The second-order valence-electron chi connectivity index (χ2n) is 2.65. The standard InChI is InChI=1S/C8H6N2O3S/c11-8-6-3-5(14(12)13)1-2-7(6)9-4-10-8/h1-4H,(H,12,13)(H,9,10,11)/p-1. The highest BCUT2D eigenvalue weighted by Gasteiger charge is 2.00. The van der Waals surface area contributed by atoms with Crippen molar-refractivity contribution in [2.75, 3.05) is 0 Å². The summed E-state index contributed by atoms with van der Waals surface area (Å²) >= 11 is -2.32. The molecule has 0 aliphatic carbocycles. The van der Waals surface area contributed by atoms with Crippen molar-refractivity contribution in [2.45, 2.75) is 4.90 Å². The quantitative estimate of drug-likeness (QED) is 0.678. The van der Waals surface area contributed by atoms with Crippen LogP contribution in [0.5, 0.6) is 0 Å². The van der Waals surface area contributed by atoms with Crippen LogP contribution in [0.3, 0.4) is 0 Å². The van der Waals surface area contributed by atoms with Gasteiger partial charge in [-0.1, -0.05) is 0 Å². The first-order valence-electron chi connectivity index (χ1n) is 3.75. The summed E-state index contributed by atoms with van der Waals surface area (Å²) in [6.45, 7) is 0. The van der Waals surface area contributed by atoms with Crippen LogP contribution >= 0.6 is 0 Å². The molecular formula is C8H5N2O3S-. The van der Waals surface area contributed by atoms with Gasteiger partial charge in [-0.2, -0.15) is 0 Å². The molecule has 0 saturated heterocycles. The number of hydrogen-bond acceptors (Lipinski definition) is 4. The molecule has 0 saturated carbocycles. The van der Waals surface area contributed by atoms with E-state index in [4.69, 9.17) is 0 Å². The monoisotopic (exact) mass is 209 g/mol. The molecule has 5 nitrogen and oxygen atoms in total. The molecule has 0 amide bonds. The summed E-state index contributed by atoms with van der Waals surface area (Å²) in [5, 5.41) is 0.272. The number of fused-ring (bicyclic) bond motifs is 1. The van der Waals surface area contributed by atoms with Gasteiger partial charge in [0.1, 0.15) is 0 Å². The normalized spacial score (nSPS) is 12.9. The minimum Gasteiger partial charge on any atom is -0.768 e. The summed E-state index contributed by atoms with van der Waals surface area (Å²) in [4.78, 5) is 17.6. The Morgan fingerprint density at radius 2 is 2.21 bits per heavy atom. The summed E-state index contributed by atoms with van der Waals surface area (Å²) in [7, 11) is 0. The Morgan fingerprint density at radius 3 is 2.93 bits per heavy atom. The number of H-pyrrole nitrogens is 1. The second-order valence-corrected chi connectivity index (χ2v) is 3.59. The largest absolute Gasteiger partial charge is 0.768 e. The van der Waals surface area contributed by atoms with Gasteiger partial charge in [-0.15, -0.1) is 0 Å². The highest BCUT2D eigenvalue weighted by Crippen LogP contribution is 2.11. The highest BCUT2D eigenvalue weighted by molar-refractivity contribution is 7.79. The van der Waals surface area contributed by atoms with E-state index in [1.807, 2.05) is 0 Å². The number of hydrogen-bond donors (Lipinski definition) is 1. The van der Waals surface area contributed by atoms with Gasteiger partial charge < -0.3 is 9.54 Å². The molecule has 0 bridgehead atoms. The maximum Gasteiger partial charge on any atom is 0.258 e. The minimum atomic E-state index is -2.32. The first-order valence-corrected chi connectivity index (χ1v) is 4.83. The average Bonchev–Trinajstić information content (AvgIpc) is 2.18. The fourth-order valence-corrected chi connectivity index (χ4v) is 1.54. The molecule has 72 valence electrons. The van der Waals surface area contributed by atoms with E-state index in [1.54, 1.807) is 0 Å². The molecule has 0 fully saturated rings. The van der Waals surface area contributed by atoms with E-state index in [0.29, 0.717) is 5.52 Å². The Balaban J connectivity index is 2.83. The fraction of sp³-hybridized carbons (Fsp3) is 0. The van der Waals surface area contributed by atoms with E-state index >= 15 is 0 Å². The van der Waals surface area contributed by atoms with Crippen LogP contribution in [-0.4, -0.2) is 18.7 Å². The zero-order valence-electron chi connectivity index (χ0n) is 6.89. The molecule has 0 aliphatic rings. The second kappa shape index (κ2) is 3.32. The highest BCUT2D eigenvalue weighted by atomic mass is 32.2. The topological polar surface area (TPSA) is 85.9 Å². The van der Waals surface area contributed by atoms with Gasteiger partial charge in [0.2, 0.25) is 0 Å². The van der Waals surface area contributed by atoms with Crippen LogP contribution in [0.25, 0.3) is 10.9 Å². The van der Waals surface area contributed by atoms with Crippen LogP contribution in [0.4, 0.5) is 0 Å². The molecule has 0 aliphatic heterocycles. The molecule has 14 heavy (non-hydrogen) atoms. The summed E-state index contributed by atoms with van der Waals surface area (Å²) in [5.74, 6) is 0. The molecule has 2 aromatic rings. The zero-order valence-corrected chi connectivity index (χ0v) is 7.71. The van der Waals surface area contributed by atoms with Crippen LogP contribution in [0.1, 0.15) is 0 Å². The number of aromatic amines is 1. The number of aromatic nitrogens is 2. The lowest BCUT2D eigenvalue weighted by atomic mass is 10.2. The lowest BCUT2D eigenvalue weighted by molar-refractivity contribution is 0.537. The van der Waals surface area contributed by atoms with Gasteiger partial charge in [0.25, 0.3) is 5.56 Å². The first-order chi connectivity index (χ1) is 6.68. The number of benzene rings is 1. The van der Waals surface area contributed by atoms with E-state index in [9.17, 15) is 13.6 Å². The summed E-state index contributed by atoms with van der Waals surface area (Å²) in [6.07, 6.45) is 1.28. The Kier molecular flexibility index (Phi) is 2.14. The predicted octanol–water partition coefficient (Wildman–Crippen LogP) is 0.161. The molecule has 1 atom stereocenters. The van der Waals surface area contributed by atoms with Crippen molar-refractivity contribution < 1.29 is 8.76 Å². The average molecular weight is 209 g/mol. The van der Waals surface area contributed by atoms with Crippen molar-refractivity contribution in [1.82, 2.24) is 9.97 Å². The third-order valence-electron chi connectivity index (χ3n) is 1.80. The molecule has 1 aromatic heterocycles. The van der Waals surface area contributed by atoms with Crippen molar-refractivity contribution in [1.29, 1.82) is 0 Å². The SMILES string of the molecule is O=c1[nH]cnc2ccc(S(=O)[O-])cc12. The van der Waals surface area contributed by atoms with Gasteiger partial charge in [0, 0.05) is 4.90 Å². The van der Waals surface area contributed by atoms with E-state index in [-0.39, 0.29) is 15.8 Å². The van der Waals surface area contributed by atoms with Gasteiger partial charge in [0.05, 0.1) is 17.2 Å². The van der Waals surface area contributed by atoms with E-state index < -0.39 is 11.1 Å². The van der Waals surface area contributed by atoms with Gasteiger partial charge in [-0.25, -0.2) is 4.98 Å². The van der Waals surface area contributed by atoms with Gasteiger partial charge in [-0.3, -0.25) is 9.00 Å². The Labute approximate surface area is 81.1 Å². The smallest absolute Gasteiger partial charge is 0.258 e. The number of rotatable bonds is 1. The third kappa shape index (κ3) is 1.45. The van der Waals surface area contributed by atoms with E-state index in [1.165, 1.54) is 24.5 Å². The molecule has 6 heteroatoms. The van der Waals surface area contributed by atoms with Crippen molar-refractivity contribution in [3.63, 3.8) is 0 Å². The van der Waals surface area contributed by atoms with E-state index in [2.05, 4.69) is 9.97 Å². The van der Waals surface area contributed by atoms with Gasteiger partial charge in [0.15, 0.2) is 0 Å². The summed E-state index contributed by atoms with van der Waals surface area (Å²) < 4.78 is 21.2. The van der Waals surface area contributed by atoms with Crippen molar-refractivity contribution in [3.05, 3.63) is 34.9 Å². The molecular weight excluding hydrogens is 204 g/mol. The molecule has 1 heterocycles. The molecule has 1 aromatic carbocycles. The van der Waals surface area contributed by atoms with Crippen LogP contribution in [0, 0.1) is 0 Å². The molecule has 0 radical (unpaired) electrons. The van der Waals surface area contributed by atoms with Crippen molar-refractivity contribution >= 4 is 22.0 Å². The lowest BCUT2D eigenvalue weighted by Crippen LogP contribution is -2.06. The minimum absolute atomic E-state index is 0.0796. The molecule has 1 N–H and O–H groups in total.